The molecule has 0 fully saturated rings. The van der Waals surface area contributed by atoms with Crippen molar-refractivity contribution < 1.29 is 27.0 Å². The lowest BCUT2D eigenvalue weighted by Gasteiger charge is -2.09. The van der Waals surface area contributed by atoms with Gasteiger partial charge in [-0.2, -0.15) is 0 Å². The monoisotopic (exact) mass is 239 g/mol. The van der Waals surface area contributed by atoms with Gasteiger partial charge in [0, 0.05) is 11.8 Å². The van der Waals surface area contributed by atoms with Gasteiger partial charge in [0.1, 0.15) is 6.61 Å². The summed E-state index contributed by atoms with van der Waals surface area (Å²) >= 11 is 0. The first kappa shape index (κ1) is 12.6. The summed E-state index contributed by atoms with van der Waals surface area (Å²) in [7, 11) is 0. The van der Waals surface area contributed by atoms with Crippen LogP contribution in [0.1, 0.15) is 0 Å². The highest BCUT2D eigenvalue weighted by atomic mass is 19.4. The van der Waals surface area contributed by atoms with Gasteiger partial charge in [-0.05, 0) is 12.1 Å². The Morgan fingerprint density at radius 2 is 1.88 bits per heavy atom. The minimum atomic E-state index is -4.71. The first-order chi connectivity index (χ1) is 7.38. The van der Waals surface area contributed by atoms with Crippen molar-refractivity contribution in [1.29, 1.82) is 0 Å². The molecule has 0 unspecified atom stereocenters. The van der Waals surface area contributed by atoms with E-state index in [2.05, 4.69) is 4.74 Å². The first-order valence-electron chi connectivity index (χ1n) is 4.27. The summed E-state index contributed by atoms with van der Waals surface area (Å²) in [6.07, 6.45) is -4.71. The van der Waals surface area contributed by atoms with Crippen molar-refractivity contribution >= 4 is 5.69 Å². The summed E-state index contributed by atoms with van der Waals surface area (Å²) in [5.41, 5.74) is 5.48. The van der Waals surface area contributed by atoms with Crippen LogP contribution in [0.25, 0.3) is 0 Å². The third-order valence-electron chi connectivity index (χ3n) is 1.56. The number of halogens is 4. The van der Waals surface area contributed by atoms with Crippen molar-refractivity contribution in [2.45, 2.75) is 6.36 Å². The van der Waals surface area contributed by atoms with E-state index in [0.717, 1.165) is 6.07 Å². The van der Waals surface area contributed by atoms with E-state index in [0.29, 0.717) is 0 Å². The third kappa shape index (κ3) is 4.35. The van der Waals surface area contributed by atoms with E-state index in [-0.39, 0.29) is 11.4 Å². The molecular weight excluding hydrogens is 230 g/mol. The van der Waals surface area contributed by atoms with Gasteiger partial charge in [0.05, 0.1) is 6.61 Å². The van der Waals surface area contributed by atoms with Gasteiger partial charge in [-0.25, -0.2) is 4.39 Å². The number of alkyl halides is 3. The molecule has 0 aliphatic carbocycles. The van der Waals surface area contributed by atoms with Crippen LogP contribution in [0, 0.1) is 5.82 Å². The molecule has 0 saturated carbocycles. The van der Waals surface area contributed by atoms with Crippen molar-refractivity contribution in [3.63, 3.8) is 0 Å². The minimum Gasteiger partial charge on any atom is -0.488 e. The number of nitrogen functional groups attached to an aromatic ring is 1. The van der Waals surface area contributed by atoms with Crippen LogP contribution in [0.2, 0.25) is 0 Å². The zero-order valence-electron chi connectivity index (χ0n) is 8.05. The average molecular weight is 239 g/mol. The van der Waals surface area contributed by atoms with Gasteiger partial charge >= 0.3 is 6.36 Å². The number of nitrogens with two attached hydrogens (primary N) is 1. The van der Waals surface area contributed by atoms with Crippen LogP contribution < -0.4 is 10.5 Å². The highest BCUT2D eigenvalue weighted by Crippen LogP contribution is 2.20. The van der Waals surface area contributed by atoms with Gasteiger partial charge in [0.2, 0.25) is 0 Å². The molecule has 0 aliphatic heterocycles. The summed E-state index contributed by atoms with van der Waals surface area (Å²) in [6.45, 7) is -1.10. The quantitative estimate of drug-likeness (QED) is 0.498. The fourth-order valence-electron chi connectivity index (χ4n) is 0.943. The van der Waals surface area contributed by atoms with Gasteiger partial charge in [0.25, 0.3) is 0 Å². The van der Waals surface area contributed by atoms with Crippen LogP contribution in [0.5, 0.6) is 5.75 Å². The second kappa shape index (κ2) is 5.02. The Kier molecular flexibility index (Phi) is 3.94. The predicted molar refractivity (Wildman–Crippen MR) is 48.3 cm³/mol. The highest BCUT2D eigenvalue weighted by Gasteiger charge is 2.28. The molecule has 0 atom stereocenters. The second-order valence-corrected chi connectivity index (χ2v) is 2.83. The average Bonchev–Trinajstić information content (AvgIpc) is 2.13. The molecule has 16 heavy (non-hydrogen) atoms. The summed E-state index contributed by atoms with van der Waals surface area (Å²) in [5, 5.41) is 0. The van der Waals surface area contributed by atoms with E-state index in [1.807, 2.05) is 0 Å². The van der Waals surface area contributed by atoms with E-state index in [1.165, 1.54) is 12.1 Å². The topological polar surface area (TPSA) is 44.5 Å². The van der Waals surface area contributed by atoms with Crippen LogP contribution in [-0.4, -0.2) is 19.6 Å². The Morgan fingerprint density at radius 3 is 2.44 bits per heavy atom. The van der Waals surface area contributed by atoms with E-state index >= 15 is 0 Å². The fraction of sp³-hybridized carbons (Fsp3) is 0.333. The van der Waals surface area contributed by atoms with Gasteiger partial charge < -0.3 is 10.5 Å². The smallest absolute Gasteiger partial charge is 0.488 e. The molecule has 0 aromatic heterocycles. The zero-order chi connectivity index (χ0) is 12.2. The molecule has 0 spiro atoms. The van der Waals surface area contributed by atoms with Crippen molar-refractivity contribution in [2.75, 3.05) is 18.9 Å². The van der Waals surface area contributed by atoms with E-state index < -0.39 is 25.4 Å². The van der Waals surface area contributed by atoms with Crippen LogP contribution in [-0.2, 0) is 4.74 Å². The molecule has 0 radical (unpaired) electrons. The van der Waals surface area contributed by atoms with Crippen molar-refractivity contribution in [1.82, 2.24) is 0 Å². The van der Waals surface area contributed by atoms with Crippen LogP contribution in [0.4, 0.5) is 23.2 Å². The molecular formula is C9H9F4NO2. The molecule has 1 rings (SSSR count). The molecule has 0 amide bonds. The Balaban J connectivity index is 2.38. The van der Waals surface area contributed by atoms with Crippen LogP contribution in [0.15, 0.2) is 18.2 Å². The van der Waals surface area contributed by atoms with Gasteiger partial charge in [-0.3, -0.25) is 4.74 Å². The summed E-state index contributed by atoms with van der Waals surface area (Å²) in [4.78, 5) is 0. The standard InChI is InChI=1S/C9H9F4NO2/c10-7-5-6(14)1-2-8(7)15-3-4-16-9(11,12)13/h1-2,5H,3-4,14H2. The van der Waals surface area contributed by atoms with Crippen LogP contribution >= 0.6 is 0 Å². The maximum absolute atomic E-state index is 13.0. The Morgan fingerprint density at radius 1 is 1.19 bits per heavy atom. The lowest BCUT2D eigenvalue weighted by molar-refractivity contribution is -0.325. The minimum absolute atomic E-state index is 0.167. The normalized spacial score (nSPS) is 11.5. The predicted octanol–water partition coefficient (Wildman–Crippen LogP) is 2.32. The summed E-state index contributed by atoms with van der Waals surface area (Å²) < 4.78 is 55.9. The van der Waals surface area contributed by atoms with E-state index in [9.17, 15) is 17.6 Å². The van der Waals surface area contributed by atoms with Crippen molar-refractivity contribution in [3.05, 3.63) is 24.0 Å². The van der Waals surface area contributed by atoms with Gasteiger partial charge in [-0.1, -0.05) is 0 Å². The Bertz CT molecular complexity index is 354. The number of hydrogen-bond donors (Lipinski definition) is 1. The Hall–Kier alpha value is -1.50. The lowest BCUT2D eigenvalue weighted by Crippen LogP contribution is -2.18. The van der Waals surface area contributed by atoms with Gasteiger partial charge in [0.15, 0.2) is 11.6 Å². The van der Waals surface area contributed by atoms with Crippen molar-refractivity contribution in [3.8, 4) is 5.75 Å². The third-order valence-corrected chi connectivity index (χ3v) is 1.56. The number of ether oxygens (including phenoxy) is 2. The molecule has 2 N–H and O–H groups in total. The number of rotatable bonds is 4. The summed E-state index contributed by atoms with van der Waals surface area (Å²) in [6, 6.07) is 3.63. The molecule has 7 heteroatoms. The molecule has 0 saturated heterocycles. The summed E-state index contributed by atoms with van der Waals surface area (Å²) in [5.74, 6) is -0.896. The maximum Gasteiger partial charge on any atom is 0.522 e. The molecule has 1 aromatic carbocycles. The van der Waals surface area contributed by atoms with Crippen LogP contribution in [0.3, 0.4) is 0 Å². The van der Waals surface area contributed by atoms with E-state index in [1.54, 1.807) is 0 Å². The fourth-order valence-corrected chi connectivity index (χ4v) is 0.943. The van der Waals surface area contributed by atoms with E-state index in [4.69, 9.17) is 10.5 Å². The first-order valence-corrected chi connectivity index (χ1v) is 4.27. The highest BCUT2D eigenvalue weighted by molar-refractivity contribution is 5.42. The van der Waals surface area contributed by atoms with Crippen molar-refractivity contribution in [2.24, 2.45) is 0 Å². The molecule has 0 aliphatic rings. The molecule has 1 aromatic rings. The Labute approximate surface area is 88.8 Å². The SMILES string of the molecule is Nc1ccc(OCCOC(F)(F)F)c(F)c1. The maximum atomic E-state index is 13.0. The molecule has 0 bridgehead atoms. The molecule has 90 valence electrons. The number of anilines is 1. The molecule has 0 heterocycles. The largest absolute Gasteiger partial charge is 0.522 e. The number of hydrogen-bond acceptors (Lipinski definition) is 3. The number of benzene rings is 1. The van der Waals surface area contributed by atoms with Gasteiger partial charge in [-0.15, -0.1) is 13.2 Å². The zero-order valence-corrected chi connectivity index (χ0v) is 8.05. The lowest BCUT2D eigenvalue weighted by atomic mass is 10.3. The molecule has 3 nitrogen and oxygen atoms in total. The second-order valence-electron chi connectivity index (χ2n) is 2.83.